The third-order valence-electron chi connectivity index (χ3n) is 5.50. The SMILES string of the molecule is CCCCc1nc2c(sc3nc(C)cc(COC)c32)c(=O)n1/N=C\c1ccc(N(C)C)cc1. The van der Waals surface area contributed by atoms with Gasteiger partial charge in [-0.2, -0.15) is 9.78 Å². The topological polar surface area (TPSA) is 72.6 Å². The zero-order valence-corrected chi connectivity index (χ0v) is 20.6. The van der Waals surface area contributed by atoms with E-state index in [1.54, 1.807) is 13.3 Å². The van der Waals surface area contributed by atoms with Crippen molar-refractivity contribution in [3.05, 3.63) is 63.3 Å². The number of aromatic nitrogens is 3. The molecule has 0 bridgehead atoms. The monoisotopic (exact) mass is 463 g/mol. The highest BCUT2D eigenvalue weighted by Crippen LogP contribution is 2.33. The fourth-order valence-electron chi connectivity index (χ4n) is 3.81. The van der Waals surface area contributed by atoms with Gasteiger partial charge in [0.2, 0.25) is 0 Å². The minimum Gasteiger partial charge on any atom is -0.380 e. The van der Waals surface area contributed by atoms with Gasteiger partial charge in [0.1, 0.15) is 15.4 Å². The van der Waals surface area contributed by atoms with Crippen molar-refractivity contribution < 1.29 is 4.74 Å². The summed E-state index contributed by atoms with van der Waals surface area (Å²) < 4.78 is 7.43. The molecule has 4 aromatic rings. The van der Waals surface area contributed by atoms with E-state index in [4.69, 9.17) is 9.72 Å². The molecular formula is C25H29N5O2S. The fourth-order valence-corrected chi connectivity index (χ4v) is 4.94. The van der Waals surface area contributed by atoms with Gasteiger partial charge in [0.05, 0.1) is 18.3 Å². The molecule has 0 spiro atoms. The smallest absolute Gasteiger partial charge is 0.292 e. The van der Waals surface area contributed by atoms with E-state index >= 15 is 0 Å². The van der Waals surface area contributed by atoms with Crippen LogP contribution in [-0.2, 0) is 17.8 Å². The molecule has 3 heterocycles. The molecule has 0 aliphatic heterocycles. The standard InChI is InChI=1S/C25H29N5O2S/c1-6-7-8-20-28-22-21-18(15-32-5)13-16(2)27-24(21)33-23(22)25(31)30(20)26-14-17-9-11-19(12-10-17)29(3)4/h9-14H,6-8,15H2,1-5H3/b26-14-. The molecule has 0 radical (unpaired) electrons. The van der Waals surface area contributed by atoms with Crippen LogP contribution in [0.2, 0.25) is 0 Å². The molecule has 1 aromatic carbocycles. The average Bonchev–Trinajstić information content (AvgIpc) is 3.16. The zero-order chi connectivity index (χ0) is 23.5. The molecule has 0 saturated carbocycles. The van der Waals surface area contributed by atoms with E-state index in [9.17, 15) is 4.79 Å². The lowest BCUT2D eigenvalue weighted by Gasteiger charge is -2.11. The minimum absolute atomic E-state index is 0.156. The van der Waals surface area contributed by atoms with E-state index < -0.39 is 0 Å². The number of hydrogen-bond acceptors (Lipinski definition) is 7. The molecule has 0 amide bonds. The number of fused-ring (bicyclic) bond motifs is 3. The lowest BCUT2D eigenvalue weighted by molar-refractivity contribution is 0.186. The summed E-state index contributed by atoms with van der Waals surface area (Å²) in [6.07, 6.45) is 4.32. The second-order valence-corrected chi connectivity index (χ2v) is 9.29. The van der Waals surface area contributed by atoms with Crippen LogP contribution in [0.4, 0.5) is 5.69 Å². The van der Waals surface area contributed by atoms with Crippen molar-refractivity contribution in [2.75, 3.05) is 26.1 Å². The summed E-state index contributed by atoms with van der Waals surface area (Å²) in [5.41, 5.74) is 4.47. The van der Waals surface area contributed by atoms with Gasteiger partial charge >= 0.3 is 0 Å². The first kappa shape index (κ1) is 23.1. The number of aryl methyl sites for hydroxylation is 2. The normalized spacial score (nSPS) is 11.8. The van der Waals surface area contributed by atoms with Crippen LogP contribution in [0, 0.1) is 6.92 Å². The van der Waals surface area contributed by atoms with Crippen LogP contribution in [0.3, 0.4) is 0 Å². The van der Waals surface area contributed by atoms with Crippen molar-refractivity contribution in [1.29, 1.82) is 0 Å². The molecule has 0 atom stereocenters. The number of nitrogens with zero attached hydrogens (tertiary/aromatic N) is 5. The van der Waals surface area contributed by atoms with Crippen molar-refractivity contribution in [3.63, 3.8) is 0 Å². The van der Waals surface area contributed by atoms with Crippen LogP contribution >= 0.6 is 11.3 Å². The quantitative estimate of drug-likeness (QED) is 0.353. The largest absolute Gasteiger partial charge is 0.380 e. The van der Waals surface area contributed by atoms with E-state index in [2.05, 4.69) is 17.0 Å². The Balaban J connectivity index is 1.88. The van der Waals surface area contributed by atoms with Crippen molar-refractivity contribution in [3.8, 4) is 0 Å². The van der Waals surface area contributed by atoms with Gasteiger partial charge in [0.15, 0.2) is 0 Å². The lowest BCUT2D eigenvalue weighted by Crippen LogP contribution is -2.21. The van der Waals surface area contributed by atoms with E-state index in [0.717, 1.165) is 45.6 Å². The minimum atomic E-state index is -0.156. The Kier molecular flexibility index (Phi) is 6.85. The molecule has 33 heavy (non-hydrogen) atoms. The van der Waals surface area contributed by atoms with E-state index in [0.29, 0.717) is 29.1 Å². The van der Waals surface area contributed by atoms with Crippen molar-refractivity contribution in [1.82, 2.24) is 14.6 Å². The second-order valence-electron chi connectivity index (χ2n) is 8.29. The first-order chi connectivity index (χ1) is 15.9. The van der Waals surface area contributed by atoms with E-state index in [1.807, 2.05) is 56.3 Å². The van der Waals surface area contributed by atoms with Crippen LogP contribution in [0.15, 0.2) is 40.2 Å². The highest BCUT2D eigenvalue weighted by molar-refractivity contribution is 7.25. The maximum atomic E-state index is 13.6. The number of anilines is 1. The van der Waals surface area contributed by atoms with Gasteiger partial charge in [-0.05, 0) is 42.7 Å². The van der Waals surface area contributed by atoms with Gasteiger partial charge in [-0.1, -0.05) is 25.5 Å². The fraction of sp³-hybridized carbons (Fsp3) is 0.360. The summed E-state index contributed by atoms with van der Waals surface area (Å²) in [6.45, 7) is 4.52. The van der Waals surface area contributed by atoms with Crippen LogP contribution < -0.4 is 10.5 Å². The molecule has 0 aliphatic carbocycles. The van der Waals surface area contributed by atoms with Gasteiger partial charge in [0, 0.05) is 44.4 Å². The molecule has 0 unspecified atom stereocenters. The molecule has 4 rings (SSSR count). The number of unbranched alkanes of at least 4 members (excludes halogenated alkanes) is 1. The molecular weight excluding hydrogens is 434 g/mol. The summed E-state index contributed by atoms with van der Waals surface area (Å²) >= 11 is 1.37. The summed E-state index contributed by atoms with van der Waals surface area (Å²) in [7, 11) is 5.68. The van der Waals surface area contributed by atoms with Gasteiger partial charge in [-0.3, -0.25) is 4.79 Å². The maximum absolute atomic E-state index is 13.6. The Hall–Kier alpha value is -3.10. The number of methoxy groups -OCH3 is 1. The summed E-state index contributed by atoms with van der Waals surface area (Å²) in [5, 5.41) is 5.47. The van der Waals surface area contributed by atoms with Crippen molar-refractivity contribution >= 4 is 43.7 Å². The third kappa shape index (κ3) is 4.67. The molecule has 0 fully saturated rings. The number of pyridine rings is 1. The Morgan fingerprint density at radius 2 is 1.97 bits per heavy atom. The molecule has 7 nitrogen and oxygen atoms in total. The maximum Gasteiger partial charge on any atom is 0.292 e. The van der Waals surface area contributed by atoms with Gasteiger partial charge in [0.25, 0.3) is 5.56 Å². The Bertz CT molecular complexity index is 1370. The van der Waals surface area contributed by atoms with Crippen LogP contribution in [0.5, 0.6) is 0 Å². The average molecular weight is 464 g/mol. The first-order valence-corrected chi connectivity index (χ1v) is 11.9. The molecule has 0 saturated heterocycles. The van der Waals surface area contributed by atoms with Gasteiger partial charge in [-0.15, -0.1) is 11.3 Å². The first-order valence-electron chi connectivity index (χ1n) is 11.1. The lowest BCUT2D eigenvalue weighted by atomic mass is 10.1. The van der Waals surface area contributed by atoms with Gasteiger partial charge < -0.3 is 9.64 Å². The molecule has 0 aliphatic rings. The van der Waals surface area contributed by atoms with Crippen molar-refractivity contribution in [2.24, 2.45) is 5.10 Å². The highest BCUT2D eigenvalue weighted by atomic mass is 32.1. The highest BCUT2D eigenvalue weighted by Gasteiger charge is 2.19. The van der Waals surface area contributed by atoms with Gasteiger partial charge in [-0.25, -0.2) is 9.97 Å². The Morgan fingerprint density at radius 3 is 2.64 bits per heavy atom. The summed E-state index contributed by atoms with van der Waals surface area (Å²) in [5.74, 6) is 0.666. The second kappa shape index (κ2) is 9.80. The van der Waals surface area contributed by atoms with Crippen molar-refractivity contribution in [2.45, 2.75) is 39.7 Å². The number of thiophene rings is 1. The Morgan fingerprint density at radius 1 is 1.21 bits per heavy atom. The predicted molar refractivity (Wildman–Crippen MR) is 137 cm³/mol. The number of benzene rings is 1. The van der Waals surface area contributed by atoms with Crippen LogP contribution in [0.25, 0.3) is 20.4 Å². The number of rotatable bonds is 8. The summed E-state index contributed by atoms with van der Waals surface area (Å²) in [4.78, 5) is 26.0. The van der Waals surface area contributed by atoms with E-state index in [1.165, 1.54) is 16.0 Å². The number of ether oxygens (including phenoxy) is 1. The molecule has 3 aromatic heterocycles. The number of hydrogen-bond donors (Lipinski definition) is 0. The van der Waals surface area contributed by atoms with Crippen LogP contribution in [-0.4, -0.2) is 42.1 Å². The molecule has 0 N–H and O–H groups in total. The summed E-state index contributed by atoms with van der Waals surface area (Å²) in [6, 6.07) is 10.0. The molecule has 8 heteroatoms. The third-order valence-corrected chi connectivity index (χ3v) is 6.56. The zero-order valence-electron chi connectivity index (χ0n) is 19.8. The Labute approximate surface area is 197 Å². The van der Waals surface area contributed by atoms with Crippen LogP contribution in [0.1, 0.15) is 42.4 Å². The van der Waals surface area contributed by atoms with E-state index in [-0.39, 0.29) is 5.56 Å². The molecule has 172 valence electrons. The predicted octanol–water partition coefficient (Wildman–Crippen LogP) is 4.75.